The zero-order chi connectivity index (χ0) is 21.5. The smallest absolute Gasteiger partial charge is 0.328 e. The first kappa shape index (κ1) is 20.5. The average Bonchev–Trinajstić information content (AvgIpc) is 3.01. The standard InChI is InChI=1S/C20H24N4O6/c1-11-5-4-6-12(22-11)18(26)21-9-14-17-16(29-20(2,3)30-17)13(10-28-14)24-8-7-15(25)23-19(24)27/h4-8,13-14,16-17H,9-10H2,1-3H3,(H,21,26)(H,23,25,27)/t13-,14-,16+,17-/m1/s1. The lowest BCUT2D eigenvalue weighted by Crippen LogP contribution is -2.54. The first-order chi connectivity index (χ1) is 14.2. The second kappa shape index (κ2) is 7.78. The molecule has 4 rings (SSSR count). The Bertz CT molecular complexity index is 1060. The van der Waals surface area contributed by atoms with Gasteiger partial charge in [0.25, 0.3) is 11.5 Å². The number of carbonyl (C=O) groups excluding carboxylic acids is 1. The molecule has 10 nitrogen and oxygen atoms in total. The average molecular weight is 416 g/mol. The molecule has 0 aromatic carbocycles. The van der Waals surface area contributed by atoms with E-state index in [1.165, 1.54) is 16.8 Å². The summed E-state index contributed by atoms with van der Waals surface area (Å²) in [5, 5.41) is 2.83. The molecule has 2 aliphatic rings. The Labute approximate surface area is 172 Å². The van der Waals surface area contributed by atoms with Crippen LogP contribution in [0.2, 0.25) is 0 Å². The molecule has 2 aromatic rings. The van der Waals surface area contributed by atoms with Gasteiger partial charge in [0.2, 0.25) is 0 Å². The van der Waals surface area contributed by atoms with Crippen molar-refractivity contribution in [1.29, 1.82) is 0 Å². The number of rotatable bonds is 4. The fourth-order valence-electron chi connectivity index (χ4n) is 3.87. The number of nitrogens with one attached hydrogen (secondary N) is 2. The van der Waals surface area contributed by atoms with Gasteiger partial charge in [-0.25, -0.2) is 9.78 Å². The molecular weight excluding hydrogens is 392 g/mol. The molecule has 2 fully saturated rings. The highest BCUT2D eigenvalue weighted by molar-refractivity contribution is 5.92. The Morgan fingerprint density at radius 3 is 2.77 bits per heavy atom. The van der Waals surface area contributed by atoms with Crippen molar-refractivity contribution in [3.8, 4) is 0 Å². The van der Waals surface area contributed by atoms with Crippen molar-refractivity contribution in [2.75, 3.05) is 13.2 Å². The predicted octanol–water partition coefficient (Wildman–Crippen LogP) is 0.130. The third-order valence-corrected chi connectivity index (χ3v) is 5.18. The molecule has 2 saturated heterocycles. The summed E-state index contributed by atoms with van der Waals surface area (Å²) in [5.74, 6) is -1.19. The van der Waals surface area contributed by atoms with Crippen molar-refractivity contribution in [2.45, 2.75) is 50.9 Å². The lowest BCUT2D eigenvalue weighted by Gasteiger charge is -2.37. The van der Waals surface area contributed by atoms with Crippen molar-refractivity contribution >= 4 is 5.91 Å². The lowest BCUT2D eigenvalue weighted by atomic mass is 9.97. The summed E-state index contributed by atoms with van der Waals surface area (Å²) in [6, 6.07) is 6.03. The largest absolute Gasteiger partial charge is 0.371 e. The fraction of sp³-hybridized carbons (Fsp3) is 0.500. The maximum absolute atomic E-state index is 12.4. The zero-order valence-electron chi connectivity index (χ0n) is 17.0. The Hall–Kier alpha value is -2.82. The van der Waals surface area contributed by atoms with Crippen LogP contribution in [0.5, 0.6) is 0 Å². The molecule has 10 heteroatoms. The van der Waals surface area contributed by atoms with Crippen LogP contribution in [0.15, 0.2) is 40.1 Å². The molecule has 4 atom stereocenters. The number of hydrogen-bond acceptors (Lipinski definition) is 7. The van der Waals surface area contributed by atoms with Gasteiger partial charge in [0.15, 0.2) is 5.79 Å². The van der Waals surface area contributed by atoms with Gasteiger partial charge in [-0.3, -0.25) is 19.1 Å². The lowest BCUT2D eigenvalue weighted by molar-refractivity contribution is -0.153. The number of amides is 1. The quantitative estimate of drug-likeness (QED) is 0.726. The maximum atomic E-state index is 12.4. The van der Waals surface area contributed by atoms with Crippen LogP contribution in [0, 0.1) is 6.92 Å². The van der Waals surface area contributed by atoms with Crippen LogP contribution >= 0.6 is 0 Å². The van der Waals surface area contributed by atoms with Gasteiger partial charge in [-0.1, -0.05) is 6.07 Å². The fourth-order valence-corrected chi connectivity index (χ4v) is 3.87. The molecule has 2 aliphatic heterocycles. The van der Waals surface area contributed by atoms with E-state index >= 15 is 0 Å². The highest BCUT2D eigenvalue weighted by atomic mass is 16.8. The molecule has 0 spiro atoms. The number of nitrogens with zero attached hydrogens (tertiary/aromatic N) is 2. The summed E-state index contributed by atoms with van der Waals surface area (Å²) in [4.78, 5) is 42.6. The van der Waals surface area contributed by atoms with Crippen LogP contribution in [0.1, 0.15) is 36.1 Å². The normalized spacial score (nSPS) is 27.4. The van der Waals surface area contributed by atoms with Crippen LogP contribution in [0.4, 0.5) is 0 Å². The summed E-state index contributed by atoms with van der Waals surface area (Å²) in [7, 11) is 0. The monoisotopic (exact) mass is 416 g/mol. The highest BCUT2D eigenvalue weighted by Crippen LogP contribution is 2.39. The molecule has 4 heterocycles. The van der Waals surface area contributed by atoms with Crippen LogP contribution in [-0.2, 0) is 14.2 Å². The van der Waals surface area contributed by atoms with E-state index in [1.54, 1.807) is 26.0 Å². The van der Waals surface area contributed by atoms with Crippen molar-refractivity contribution in [3.05, 3.63) is 62.7 Å². The third kappa shape index (κ3) is 4.07. The molecule has 0 bridgehead atoms. The Kier molecular flexibility index (Phi) is 5.31. The number of H-pyrrole nitrogens is 1. The minimum absolute atomic E-state index is 0.162. The number of aryl methyl sites for hydroxylation is 1. The van der Waals surface area contributed by atoms with Crippen LogP contribution in [-0.4, -0.2) is 57.7 Å². The van der Waals surface area contributed by atoms with Crippen LogP contribution in [0.25, 0.3) is 0 Å². The van der Waals surface area contributed by atoms with E-state index in [0.29, 0.717) is 5.69 Å². The molecule has 0 saturated carbocycles. The molecule has 0 radical (unpaired) electrons. The summed E-state index contributed by atoms with van der Waals surface area (Å²) in [6.07, 6.45) is -0.0492. The van der Waals surface area contributed by atoms with Gasteiger partial charge in [-0.15, -0.1) is 0 Å². The SMILES string of the molecule is Cc1cccc(C(=O)NC[C@H]2OC[C@@H](n3ccc(=O)[nH]c3=O)[C@@H]3OC(C)(C)O[C@@H]32)n1. The Morgan fingerprint density at radius 2 is 2.03 bits per heavy atom. The van der Waals surface area contributed by atoms with Gasteiger partial charge in [-0.05, 0) is 32.9 Å². The minimum atomic E-state index is -0.882. The Balaban J connectivity index is 1.51. The summed E-state index contributed by atoms with van der Waals surface area (Å²) in [6.45, 7) is 5.74. The first-order valence-corrected chi connectivity index (χ1v) is 9.74. The van der Waals surface area contributed by atoms with E-state index in [9.17, 15) is 14.4 Å². The topological polar surface area (TPSA) is 125 Å². The van der Waals surface area contributed by atoms with E-state index in [2.05, 4.69) is 15.3 Å². The van der Waals surface area contributed by atoms with Gasteiger partial charge < -0.3 is 19.5 Å². The summed E-state index contributed by atoms with van der Waals surface area (Å²) in [5.41, 5.74) is 0.0586. The summed E-state index contributed by atoms with van der Waals surface area (Å²) < 4.78 is 19.4. The van der Waals surface area contributed by atoms with Gasteiger partial charge >= 0.3 is 5.69 Å². The van der Waals surface area contributed by atoms with Crippen LogP contribution in [0.3, 0.4) is 0 Å². The number of hydrogen-bond donors (Lipinski definition) is 2. The summed E-state index contributed by atoms with van der Waals surface area (Å²) >= 11 is 0. The molecule has 1 amide bonds. The minimum Gasteiger partial charge on any atom is -0.371 e. The van der Waals surface area contributed by atoms with E-state index < -0.39 is 41.4 Å². The van der Waals surface area contributed by atoms with E-state index in [1.807, 2.05) is 13.0 Å². The number of pyridine rings is 1. The van der Waals surface area contributed by atoms with Crippen molar-refractivity contribution in [1.82, 2.24) is 19.9 Å². The van der Waals surface area contributed by atoms with Gasteiger partial charge in [0.1, 0.15) is 24.0 Å². The molecule has 0 aliphatic carbocycles. The van der Waals surface area contributed by atoms with E-state index in [4.69, 9.17) is 14.2 Å². The molecule has 2 N–H and O–H groups in total. The van der Waals surface area contributed by atoms with Crippen LogP contribution < -0.4 is 16.6 Å². The predicted molar refractivity (Wildman–Crippen MR) is 105 cm³/mol. The van der Waals surface area contributed by atoms with E-state index in [-0.39, 0.29) is 19.1 Å². The number of aromatic nitrogens is 3. The Morgan fingerprint density at radius 1 is 1.27 bits per heavy atom. The number of fused-ring (bicyclic) bond motifs is 1. The number of aromatic amines is 1. The van der Waals surface area contributed by atoms with Gasteiger partial charge in [0, 0.05) is 24.5 Å². The number of ether oxygens (including phenoxy) is 3. The molecule has 160 valence electrons. The molecular formula is C20H24N4O6. The van der Waals surface area contributed by atoms with E-state index in [0.717, 1.165) is 5.69 Å². The van der Waals surface area contributed by atoms with Crippen molar-refractivity contribution in [2.24, 2.45) is 0 Å². The van der Waals surface area contributed by atoms with Crippen molar-refractivity contribution in [3.63, 3.8) is 0 Å². The third-order valence-electron chi connectivity index (χ3n) is 5.18. The van der Waals surface area contributed by atoms with Gasteiger partial charge in [-0.2, -0.15) is 0 Å². The second-order valence-corrected chi connectivity index (χ2v) is 7.90. The number of carbonyl (C=O) groups is 1. The molecule has 30 heavy (non-hydrogen) atoms. The van der Waals surface area contributed by atoms with Crippen molar-refractivity contribution < 1.29 is 19.0 Å². The molecule has 0 unspecified atom stereocenters. The van der Waals surface area contributed by atoms with Gasteiger partial charge in [0.05, 0.1) is 12.6 Å². The zero-order valence-corrected chi connectivity index (χ0v) is 17.0. The molecule has 2 aromatic heterocycles. The maximum Gasteiger partial charge on any atom is 0.328 e. The first-order valence-electron chi connectivity index (χ1n) is 9.74. The second-order valence-electron chi connectivity index (χ2n) is 7.90. The highest BCUT2D eigenvalue weighted by Gasteiger charge is 2.52.